The average Bonchev–Trinajstić information content (AvgIpc) is 3.39. The summed E-state index contributed by atoms with van der Waals surface area (Å²) < 4.78 is 5.84. The fourth-order valence-corrected chi connectivity index (χ4v) is 5.29. The molecule has 1 amide bonds. The van der Waals surface area contributed by atoms with Crippen LogP contribution in [0.2, 0.25) is 0 Å². The van der Waals surface area contributed by atoms with E-state index in [-0.39, 0.29) is 29.9 Å². The van der Waals surface area contributed by atoms with E-state index in [1.54, 1.807) is 0 Å². The molecule has 1 unspecified atom stereocenters. The molecule has 5 rings (SSSR count). The first-order chi connectivity index (χ1) is 14.1. The maximum atomic E-state index is 13.0. The van der Waals surface area contributed by atoms with Crippen molar-refractivity contribution in [2.24, 2.45) is 5.92 Å². The second kappa shape index (κ2) is 6.90. The van der Waals surface area contributed by atoms with E-state index in [4.69, 9.17) is 9.84 Å². The molecule has 2 aromatic rings. The van der Waals surface area contributed by atoms with Gasteiger partial charge in [-0.1, -0.05) is 48.5 Å². The Balaban J connectivity index is 1.29. The Morgan fingerprint density at radius 2 is 1.66 bits per heavy atom. The predicted molar refractivity (Wildman–Crippen MR) is 109 cm³/mol. The average molecular weight is 391 g/mol. The van der Waals surface area contributed by atoms with E-state index < -0.39 is 5.97 Å². The molecule has 1 saturated heterocycles. The summed E-state index contributed by atoms with van der Waals surface area (Å²) in [6.45, 7) is 0.923. The zero-order valence-corrected chi connectivity index (χ0v) is 16.3. The number of aliphatic carboxylic acids is 1. The van der Waals surface area contributed by atoms with Crippen LogP contribution in [-0.2, 0) is 9.53 Å². The summed E-state index contributed by atoms with van der Waals surface area (Å²) in [6.07, 6.45) is 3.36. The van der Waals surface area contributed by atoms with Crippen LogP contribution in [0, 0.1) is 5.92 Å². The Morgan fingerprint density at radius 1 is 1.03 bits per heavy atom. The minimum atomic E-state index is -0.750. The Hall–Kier alpha value is -2.82. The lowest BCUT2D eigenvalue weighted by Crippen LogP contribution is -2.48. The lowest BCUT2D eigenvalue weighted by molar-refractivity contribution is -0.138. The Labute approximate surface area is 170 Å². The topological polar surface area (TPSA) is 66.8 Å². The van der Waals surface area contributed by atoms with Crippen LogP contribution in [-0.4, -0.2) is 40.8 Å². The largest absolute Gasteiger partial charge is 0.481 e. The van der Waals surface area contributed by atoms with Gasteiger partial charge in [0.1, 0.15) is 6.61 Å². The van der Waals surface area contributed by atoms with Gasteiger partial charge in [0.15, 0.2) is 0 Å². The highest BCUT2D eigenvalue weighted by Crippen LogP contribution is 2.51. The molecule has 5 nitrogen and oxygen atoms in total. The van der Waals surface area contributed by atoms with Crippen molar-refractivity contribution in [1.82, 2.24) is 4.90 Å². The summed E-state index contributed by atoms with van der Waals surface area (Å²) >= 11 is 0. The molecule has 1 N–H and O–H groups in total. The zero-order chi connectivity index (χ0) is 20.0. The molecule has 1 saturated carbocycles. The molecule has 2 aliphatic carbocycles. The number of carboxylic acid groups (broad SMARTS) is 1. The summed E-state index contributed by atoms with van der Waals surface area (Å²) in [6, 6.07) is 16.6. The maximum Gasteiger partial charge on any atom is 0.410 e. The van der Waals surface area contributed by atoms with Crippen LogP contribution in [0.15, 0.2) is 48.5 Å². The monoisotopic (exact) mass is 391 g/mol. The third kappa shape index (κ3) is 3.18. The number of ether oxygens (including phenoxy) is 1. The smallest absolute Gasteiger partial charge is 0.410 e. The van der Waals surface area contributed by atoms with Crippen LogP contribution in [0.1, 0.15) is 49.1 Å². The number of carboxylic acids is 1. The fourth-order valence-electron chi connectivity index (χ4n) is 5.29. The molecule has 1 atom stereocenters. The van der Waals surface area contributed by atoms with E-state index in [0.29, 0.717) is 13.2 Å². The fraction of sp³-hybridized carbons (Fsp3) is 0.417. The molecule has 29 heavy (non-hydrogen) atoms. The van der Waals surface area contributed by atoms with E-state index in [0.717, 1.165) is 25.7 Å². The van der Waals surface area contributed by atoms with Gasteiger partial charge in [0.05, 0.1) is 0 Å². The molecule has 0 bridgehead atoms. The normalized spacial score (nSPS) is 21.5. The number of fused-ring (bicyclic) bond motifs is 3. The number of benzene rings is 2. The van der Waals surface area contributed by atoms with Crippen molar-refractivity contribution in [3.05, 3.63) is 59.7 Å². The second-order valence-corrected chi connectivity index (χ2v) is 8.64. The SMILES string of the molecule is O=C(O)CC1CCN(C(=O)OCC2c3ccccc3-c3ccccc32)C2(CC2)C1. The summed E-state index contributed by atoms with van der Waals surface area (Å²) in [5.74, 6) is -0.529. The molecular formula is C24H25NO4. The van der Waals surface area contributed by atoms with Gasteiger partial charge in [0.2, 0.25) is 0 Å². The maximum absolute atomic E-state index is 13.0. The van der Waals surface area contributed by atoms with Crippen LogP contribution >= 0.6 is 0 Å². The van der Waals surface area contributed by atoms with Crippen molar-refractivity contribution in [2.45, 2.75) is 43.6 Å². The van der Waals surface area contributed by atoms with Crippen LogP contribution < -0.4 is 0 Å². The van der Waals surface area contributed by atoms with Crippen LogP contribution in [0.3, 0.4) is 0 Å². The third-order valence-electron chi connectivity index (χ3n) is 6.85. The predicted octanol–water partition coefficient (Wildman–Crippen LogP) is 4.65. The third-order valence-corrected chi connectivity index (χ3v) is 6.85. The molecule has 5 heteroatoms. The first kappa shape index (κ1) is 18.2. The van der Waals surface area contributed by atoms with Gasteiger partial charge >= 0.3 is 12.1 Å². The standard InChI is InChI=1S/C24H25NO4/c26-22(27)13-16-9-12-25(24(14-16)10-11-24)23(28)29-15-21-19-7-3-1-5-17(19)18-6-2-4-8-20(18)21/h1-8,16,21H,9-15H2,(H,26,27). The van der Waals surface area contributed by atoms with Crippen molar-refractivity contribution in [2.75, 3.05) is 13.2 Å². The quantitative estimate of drug-likeness (QED) is 0.823. The molecule has 2 aromatic carbocycles. The number of carbonyl (C=O) groups is 2. The number of hydrogen-bond donors (Lipinski definition) is 1. The summed E-state index contributed by atoms with van der Waals surface area (Å²) in [5.41, 5.74) is 4.70. The van der Waals surface area contributed by atoms with E-state index in [9.17, 15) is 9.59 Å². The number of carbonyl (C=O) groups excluding carboxylic acids is 1. The number of amides is 1. The van der Waals surface area contributed by atoms with Gasteiger partial charge in [-0.3, -0.25) is 4.79 Å². The molecule has 1 spiro atoms. The summed E-state index contributed by atoms with van der Waals surface area (Å²) in [4.78, 5) is 25.9. The number of piperidine rings is 1. The number of rotatable bonds is 4. The van der Waals surface area contributed by atoms with Crippen molar-refractivity contribution < 1.29 is 19.4 Å². The summed E-state index contributed by atoms with van der Waals surface area (Å²) in [7, 11) is 0. The number of likely N-dealkylation sites (tertiary alicyclic amines) is 1. The molecular weight excluding hydrogens is 366 g/mol. The lowest BCUT2D eigenvalue weighted by atomic mass is 9.87. The van der Waals surface area contributed by atoms with E-state index in [1.165, 1.54) is 22.3 Å². The molecule has 1 heterocycles. The van der Waals surface area contributed by atoms with Gasteiger partial charge in [-0.25, -0.2) is 4.79 Å². The van der Waals surface area contributed by atoms with Gasteiger partial charge in [0.25, 0.3) is 0 Å². The van der Waals surface area contributed by atoms with Gasteiger partial charge in [-0.15, -0.1) is 0 Å². The molecule has 0 radical (unpaired) electrons. The molecule has 3 aliphatic rings. The Bertz CT molecular complexity index is 919. The molecule has 0 aromatic heterocycles. The van der Waals surface area contributed by atoms with E-state index in [1.807, 2.05) is 29.2 Å². The van der Waals surface area contributed by atoms with Crippen molar-refractivity contribution >= 4 is 12.1 Å². The minimum Gasteiger partial charge on any atom is -0.481 e. The van der Waals surface area contributed by atoms with Gasteiger partial charge < -0.3 is 14.7 Å². The Kier molecular flexibility index (Phi) is 4.34. The summed E-state index contributed by atoms with van der Waals surface area (Å²) in [5, 5.41) is 9.09. The number of hydrogen-bond acceptors (Lipinski definition) is 3. The van der Waals surface area contributed by atoms with Crippen LogP contribution in [0.5, 0.6) is 0 Å². The highest BCUT2D eigenvalue weighted by Gasteiger charge is 2.54. The highest BCUT2D eigenvalue weighted by atomic mass is 16.6. The van der Waals surface area contributed by atoms with E-state index in [2.05, 4.69) is 24.3 Å². The van der Waals surface area contributed by atoms with E-state index >= 15 is 0 Å². The second-order valence-electron chi connectivity index (χ2n) is 8.64. The molecule has 1 aliphatic heterocycles. The first-order valence-corrected chi connectivity index (χ1v) is 10.4. The van der Waals surface area contributed by atoms with Crippen molar-refractivity contribution in [3.8, 4) is 11.1 Å². The number of nitrogens with zero attached hydrogens (tertiary/aromatic N) is 1. The zero-order valence-electron chi connectivity index (χ0n) is 16.3. The molecule has 2 fully saturated rings. The first-order valence-electron chi connectivity index (χ1n) is 10.4. The van der Waals surface area contributed by atoms with Crippen molar-refractivity contribution in [3.63, 3.8) is 0 Å². The van der Waals surface area contributed by atoms with Gasteiger partial charge in [-0.2, -0.15) is 0 Å². The lowest BCUT2D eigenvalue weighted by Gasteiger charge is -2.39. The van der Waals surface area contributed by atoms with Crippen LogP contribution in [0.25, 0.3) is 11.1 Å². The Morgan fingerprint density at radius 3 is 2.24 bits per heavy atom. The molecule has 150 valence electrons. The van der Waals surface area contributed by atoms with Gasteiger partial charge in [-0.05, 0) is 53.9 Å². The highest BCUT2D eigenvalue weighted by molar-refractivity contribution is 5.79. The van der Waals surface area contributed by atoms with Crippen molar-refractivity contribution in [1.29, 1.82) is 0 Å². The minimum absolute atomic E-state index is 0.0612. The van der Waals surface area contributed by atoms with Gasteiger partial charge in [0, 0.05) is 24.4 Å². The van der Waals surface area contributed by atoms with Crippen LogP contribution in [0.4, 0.5) is 4.79 Å².